The highest BCUT2D eigenvalue weighted by atomic mass is 19.1. The molecule has 2 aromatic rings. The lowest BCUT2D eigenvalue weighted by molar-refractivity contribution is 0.139. The molecule has 25 heavy (non-hydrogen) atoms. The summed E-state index contributed by atoms with van der Waals surface area (Å²) in [6.07, 6.45) is 1.16. The molecule has 1 fully saturated rings. The molecule has 5 heteroatoms. The lowest BCUT2D eigenvalue weighted by Gasteiger charge is -2.31. The van der Waals surface area contributed by atoms with E-state index >= 15 is 0 Å². The van der Waals surface area contributed by atoms with Gasteiger partial charge in [-0.1, -0.05) is 31.2 Å². The van der Waals surface area contributed by atoms with E-state index < -0.39 is 6.09 Å². The highest BCUT2D eigenvalue weighted by molar-refractivity contribution is 5.90. The van der Waals surface area contributed by atoms with Crippen molar-refractivity contribution in [2.24, 2.45) is 0 Å². The predicted octanol–water partition coefficient (Wildman–Crippen LogP) is 4.12. The van der Waals surface area contributed by atoms with Gasteiger partial charge in [0.1, 0.15) is 11.9 Å². The normalized spacial score (nSPS) is 19.8. The average Bonchev–Trinajstić information content (AvgIpc) is 3.02. The number of hydrogen-bond acceptors (Lipinski definition) is 3. The molecule has 4 rings (SSSR count). The van der Waals surface area contributed by atoms with Crippen molar-refractivity contribution in [1.29, 1.82) is 0 Å². The third-order valence-corrected chi connectivity index (χ3v) is 5.04. The second-order valence-electron chi connectivity index (χ2n) is 6.60. The molecule has 2 heterocycles. The predicted molar refractivity (Wildman–Crippen MR) is 95.5 cm³/mol. The minimum Gasteiger partial charge on any atom is -0.444 e. The highest BCUT2D eigenvalue weighted by Crippen LogP contribution is 2.31. The smallest absolute Gasteiger partial charge is 0.414 e. The number of ether oxygens (including phenoxy) is 1. The first-order chi connectivity index (χ1) is 12.2. The number of benzene rings is 2. The number of carbonyl (C=O) groups excluding carboxylic acids is 1. The zero-order chi connectivity index (χ0) is 17.4. The van der Waals surface area contributed by atoms with Gasteiger partial charge in [0.05, 0.1) is 17.9 Å². The summed E-state index contributed by atoms with van der Waals surface area (Å²) in [4.78, 5) is 15.5. The molecule has 0 radical (unpaired) electrons. The van der Waals surface area contributed by atoms with Gasteiger partial charge in [0, 0.05) is 13.1 Å². The van der Waals surface area contributed by atoms with Crippen LogP contribution in [0.4, 0.5) is 20.6 Å². The number of amides is 1. The van der Waals surface area contributed by atoms with E-state index in [0.29, 0.717) is 24.5 Å². The van der Waals surface area contributed by atoms with Crippen LogP contribution >= 0.6 is 0 Å². The molecule has 130 valence electrons. The van der Waals surface area contributed by atoms with Gasteiger partial charge in [-0.2, -0.15) is 0 Å². The van der Waals surface area contributed by atoms with E-state index in [4.69, 9.17) is 4.74 Å². The Hall–Kier alpha value is -2.56. The lowest BCUT2D eigenvalue weighted by atomic mass is 9.99. The van der Waals surface area contributed by atoms with E-state index in [-0.39, 0.29) is 11.9 Å². The van der Waals surface area contributed by atoms with Gasteiger partial charge >= 0.3 is 6.09 Å². The Morgan fingerprint density at radius 1 is 1.20 bits per heavy atom. The molecule has 4 nitrogen and oxygen atoms in total. The van der Waals surface area contributed by atoms with Crippen LogP contribution in [-0.4, -0.2) is 25.3 Å². The zero-order valence-corrected chi connectivity index (χ0v) is 14.2. The van der Waals surface area contributed by atoms with E-state index in [1.165, 1.54) is 22.1 Å². The third-order valence-electron chi connectivity index (χ3n) is 5.04. The van der Waals surface area contributed by atoms with Crippen molar-refractivity contribution in [2.45, 2.75) is 32.4 Å². The molecule has 0 bridgehead atoms. The van der Waals surface area contributed by atoms with Gasteiger partial charge in [-0.15, -0.1) is 0 Å². The molecule has 2 aliphatic rings. The van der Waals surface area contributed by atoms with Crippen LogP contribution in [0.2, 0.25) is 0 Å². The number of nitrogens with zero attached hydrogens (tertiary/aromatic N) is 2. The van der Waals surface area contributed by atoms with Crippen molar-refractivity contribution in [2.75, 3.05) is 22.9 Å². The van der Waals surface area contributed by atoms with Gasteiger partial charge in [0.25, 0.3) is 0 Å². The first kappa shape index (κ1) is 15.9. The molecular weight excluding hydrogens is 319 g/mol. The van der Waals surface area contributed by atoms with Crippen LogP contribution in [0.15, 0.2) is 42.5 Å². The second kappa shape index (κ2) is 6.39. The Balaban J connectivity index is 1.56. The maximum absolute atomic E-state index is 14.7. The van der Waals surface area contributed by atoms with E-state index in [2.05, 4.69) is 17.0 Å². The molecule has 1 amide bonds. The highest BCUT2D eigenvalue weighted by Gasteiger charge is 2.31. The Morgan fingerprint density at radius 2 is 2.00 bits per heavy atom. The van der Waals surface area contributed by atoms with Gasteiger partial charge in [0.2, 0.25) is 0 Å². The van der Waals surface area contributed by atoms with Gasteiger partial charge in [-0.3, -0.25) is 4.90 Å². The van der Waals surface area contributed by atoms with E-state index in [1.54, 1.807) is 12.1 Å². The Labute approximate surface area is 146 Å². The second-order valence-corrected chi connectivity index (χ2v) is 6.60. The monoisotopic (exact) mass is 340 g/mol. The number of anilines is 2. The molecule has 0 N–H and O–H groups in total. The van der Waals surface area contributed by atoms with E-state index in [0.717, 1.165) is 19.4 Å². The SMILES string of the molecule is CCC1CN(c2ccc(N3CCc4ccccc4C3)c(F)c2)C(=O)O1. The lowest BCUT2D eigenvalue weighted by Crippen LogP contribution is -2.31. The van der Waals surface area contributed by atoms with Crippen LogP contribution in [0.3, 0.4) is 0 Å². The van der Waals surface area contributed by atoms with Crippen molar-refractivity contribution in [3.8, 4) is 0 Å². The van der Waals surface area contributed by atoms with Crippen molar-refractivity contribution in [3.63, 3.8) is 0 Å². The quantitative estimate of drug-likeness (QED) is 0.842. The minimum atomic E-state index is -0.397. The summed E-state index contributed by atoms with van der Waals surface area (Å²) >= 11 is 0. The largest absolute Gasteiger partial charge is 0.444 e. The molecule has 0 saturated carbocycles. The first-order valence-corrected chi connectivity index (χ1v) is 8.75. The molecule has 0 aromatic heterocycles. The Bertz CT molecular complexity index is 808. The molecule has 0 aliphatic carbocycles. The van der Waals surface area contributed by atoms with Crippen LogP contribution in [-0.2, 0) is 17.7 Å². The molecule has 1 unspecified atom stereocenters. The molecule has 1 saturated heterocycles. The number of fused-ring (bicyclic) bond motifs is 1. The molecule has 2 aliphatic heterocycles. The maximum Gasteiger partial charge on any atom is 0.414 e. The fraction of sp³-hybridized carbons (Fsp3) is 0.350. The topological polar surface area (TPSA) is 32.8 Å². The number of rotatable bonds is 3. The molecule has 2 aromatic carbocycles. The molecule has 1 atom stereocenters. The van der Waals surface area contributed by atoms with Crippen molar-refractivity contribution >= 4 is 17.5 Å². The van der Waals surface area contributed by atoms with Gasteiger partial charge in [-0.05, 0) is 42.2 Å². The Morgan fingerprint density at radius 3 is 2.72 bits per heavy atom. The number of hydrogen-bond donors (Lipinski definition) is 0. The fourth-order valence-electron chi connectivity index (χ4n) is 3.57. The van der Waals surface area contributed by atoms with E-state index in [1.807, 2.05) is 19.1 Å². The van der Waals surface area contributed by atoms with Gasteiger partial charge in [-0.25, -0.2) is 9.18 Å². The first-order valence-electron chi connectivity index (χ1n) is 8.75. The number of halogens is 1. The van der Waals surface area contributed by atoms with Gasteiger partial charge in [0.15, 0.2) is 0 Å². The Kier molecular flexibility index (Phi) is 4.07. The van der Waals surface area contributed by atoms with Crippen molar-refractivity contribution in [3.05, 3.63) is 59.4 Å². The van der Waals surface area contributed by atoms with Crippen molar-refractivity contribution in [1.82, 2.24) is 0 Å². The summed E-state index contributed by atoms with van der Waals surface area (Å²) < 4.78 is 20.0. The summed E-state index contributed by atoms with van der Waals surface area (Å²) in [7, 11) is 0. The number of cyclic esters (lactones) is 1. The number of carbonyl (C=O) groups is 1. The van der Waals surface area contributed by atoms with E-state index in [9.17, 15) is 9.18 Å². The maximum atomic E-state index is 14.7. The minimum absolute atomic E-state index is 0.117. The van der Waals surface area contributed by atoms with Crippen molar-refractivity contribution < 1.29 is 13.9 Å². The summed E-state index contributed by atoms with van der Waals surface area (Å²) in [5, 5.41) is 0. The average molecular weight is 340 g/mol. The van der Waals surface area contributed by atoms with Crippen LogP contribution < -0.4 is 9.80 Å². The summed E-state index contributed by atoms with van der Waals surface area (Å²) in [5.74, 6) is -0.301. The standard InChI is InChI=1S/C20H21FN2O2/c1-2-17-13-23(20(24)25-17)16-7-8-19(18(21)11-16)22-10-9-14-5-3-4-6-15(14)12-22/h3-8,11,17H,2,9-10,12-13H2,1H3. The molecular formula is C20H21FN2O2. The van der Waals surface area contributed by atoms with Crippen LogP contribution in [0, 0.1) is 5.82 Å². The summed E-state index contributed by atoms with van der Waals surface area (Å²) in [6.45, 7) is 3.94. The molecule has 0 spiro atoms. The third kappa shape index (κ3) is 2.95. The van der Waals surface area contributed by atoms with Gasteiger partial charge < -0.3 is 9.64 Å². The summed E-state index contributed by atoms with van der Waals surface area (Å²) in [5.41, 5.74) is 3.71. The van der Waals surface area contributed by atoms with Crippen LogP contribution in [0.5, 0.6) is 0 Å². The summed E-state index contributed by atoms with van der Waals surface area (Å²) in [6, 6.07) is 13.3. The van der Waals surface area contributed by atoms with Crippen LogP contribution in [0.1, 0.15) is 24.5 Å². The fourth-order valence-corrected chi connectivity index (χ4v) is 3.57. The zero-order valence-electron chi connectivity index (χ0n) is 14.2. The van der Waals surface area contributed by atoms with Crippen LogP contribution in [0.25, 0.3) is 0 Å².